The van der Waals surface area contributed by atoms with Gasteiger partial charge >= 0.3 is 0 Å². The van der Waals surface area contributed by atoms with Gasteiger partial charge in [-0.05, 0) is 31.5 Å². The summed E-state index contributed by atoms with van der Waals surface area (Å²) in [5.74, 6) is 6.61. The third-order valence-corrected chi connectivity index (χ3v) is 9.29. The fourth-order valence-electron chi connectivity index (χ4n) is 2.21. The minimum atomic E-state index is -1.67. The lowest BCUT2D eigenvalue weighted by atomic mass is 10.1. The zero-order valence-electron chi connectivity index (χ0n) is 16.3. The summed E-state index contributed by atoms with van der Waals surface area (Å²) in [4.78, 5) is 0. The highest BCUT2D eigenvalue weighted by molar-refractivity contribution is 6.74. The molecule has 1 atom stereocenters. The van der Waals surface area contributed by atoms with E-state index in [0.717, 1.165) is 6.42 Å². The molecule has 0 rings (SSSR count). The summed E-state index contributed by atoms with van der Waals surface area (Å²) in [6, 6.07) is 0. The van der Waals surface area contributed by atoms with Crippen molar-refractivity contribution in [3.63, 3.8) is 0 Å². The second-order valence-corrected chi connectivity index (χ2v) is 12.8. The highest BCUT2D eigenvalue weighted by Crippen LogP contribution is 2.37. The maximum Gasteiger partial charge on any atom is 0.193 e. The Labute approximate surface area is 141 Å². The Morgan fingerprint density at radius 1 is 0.909 bits per heavy atom. The molecule has 2 heteroatoms. The van der Waals surface area contributed by atoms with Crippen LogP contribution in [-0.2, 0) is 4.43 Å². The monoisotopic (exact) mass is 324 g/mol. The van der Waals surface area contributed by atoms with E-state index in [1.54, 1.807) is 0 Å². The van der Waals surface area contributed by atoms with Crippen LogP contribution in [0, 0.1) is 11.8 Å². The fourth-order valence-corrected chi connectivity index (χ4v) is 3.51. The smallest absolute Gasteiger partial charge is 0.193 e. The first-order chi connectivity index (χ1) is 10.2. The van der Waals surface area contributed by atoms with Crippen LogP contribution in [0.1, 0.15) is 92.4 Å². The maximum atomic E-state index is 6.25. The fraction of sp³-hybridized carbons (Fsp3) is 0.900. The SMILES string of the molecule is CCCCCCCCCCC#CC(C)O[Si](C)(C)C(C)(C)C. The third kappa shape index (κ3) is 10.5. The molecule has 0 aliphatic carbocycles. The molecule has 0 N–H and O–H groups in total. The maximum absolute atomic E-state index is 6.25. The van der Waals surface area contributed by atoms with Crippen LogP contribution in [0.3, 0.4) is 0 Å². The van der Waals surface area contributed by atoms with E-state index in [1.807, 2.05) is 0 Å². The van der Waals surface area contributed by atoms with Crippen molar-refractivity contribution in [2.45, 2.75) is 117 Å². The molecule has 0 aliphatic heterocycles. The number of hydrogen-bond acceptors (Lipinski definition) is 1. The first kappa shape index (κ1) is 21.7. The second kappa shape index (κ2) is 11.3. The van der Waals surface area contributed by atoms with Crippen LogP contribution in [-0.4, -0.2) is 14.4 Å². The lowest BCUT2D eigenvalue weighted by molar-refractivity contribution is 0.251. The average Bonchev–Trinajstić information content (AvgIpc) is 2.39. The first-order valence-electron chi connectivity index (χ1n) is 9.37. The van der Waals surface area contributed by atoms with Crippen molar-refractivity contribution in [3.8, 4) is 11.8 Å². The minimum Gasteiger partial charge on any atom is -0.404 e. The highest BCUT2D eigenvalue weighted by atomic mass is 28.4. The van der Waals surface area contributed by atoms with Gasteiger partial charge in [0.15, 0.2) is 8.32 Å². The largest absolute Gasteiger partial charge is 0.404 e. The lowest BCUT2D eigenvalue weighted by Gasteiger charge is -2.37. The van der Waals surface area contributed by atoms with Crippen molar-refractivity contribution in [1.29, 1.82) is 0 Å². The molecule has 0 spiro atoms. The summed E-state index contributed by atoms with van der Waals surface area (Å²) in [6.07, 6.45) is 12.0. The topological polar surface area (TPSA) is 9.23 Å². The van der Waals surface area contributed by atoms with Gasteiger partial charge in [-0.3, -0.25) is 0 Å². The standard InChI is InChI=1S/C20H40OSi/c1-8-9-10-11-12-13-14-15-16-17-18-19(2)21-22(6,7)20(3,4)5/h19H,8-16H2,1-7H3. The first-order valence-corrected chi connectivity index (χ1v) is 12.3. The molecule has 0 amide bonds. The van der Waals surface area contributed by atoms with Gasteiger partial charge in [0.1, 0.15) is 6.10 Å². The molecule has 0 saturated heterocycles. The van der Waals surface area contributed by atoms with Gasteiger partial charge in [-0.15, -0.1) is 5.92 Å². The molecule has 0 heterocycles. The quantitative estimate of drug-likeness (QED) is 0.240. The zero-order chi connectivity index (χ0) is 17.1. The van der Waals surface area contributed by atoms with Crippen LogP contribution in [0.5, 0.6) is 0 Å². The number of hydrogen-bond donors (Lipinski definition) is 0. The molecule has 22 heavy (non-hydrogen) atoms. The van der Waals surface area contributed by atoms with Crippen molar-refractivity contribution < 1.29 is 4.43 Å². The number of unbranched alkanes of at least 4 members (excludes halogenated alkanes) is 8. The van der Waals surface area contributed by atoms with Crippen molar-refractivity contribution >= 4 is 8.32 Å². The van der Waals surface area contributed by atoms with Crippen LogP contribution < -0.4 is 0 Å². The molecule has 0 radical (unpaired) electrons. The van der Waals surface area contributed by atoms with Crippen molar-refractivity contribution in [2.75, 3.05) is 0 Å². The van der Waals surface area contributed by atoms with Gasteiger partial charge in [0.2, 0.25) is 0 Å². The molecule has 1 unspecified atom stereocenters. The number of rotatable bonds is 10. The second-order valence-electron chi connectivity index (χ2n) is 8.07. The molecule has 0 aromatic rings. The van der Waals surface area contributed by atoms with E-state index in [2.05, 4.69) is 59.6 Å². The molecule has 1 nitrogen and oxygen atoms in total. The van der Waals surface area contributed by atoms with Crippen LogP contribution in [0.2, 0.25) is 18.1 Å². The van der Waals surface area contributed by atoms with E-state index in [1.165, 1.54) is 51.4 Å². The summed E-state index contributed by atoms with van der Waals surface area (Å²) in [7, 11) is -1.67. The Kier molecular flexibility index (Phi) is 11.2. The molecule has 0 aromatic heterocycles. The molecule has 0 fully saturated rings. The summed E-state index contributed by atoms with van der Waals surface area (Å²) in [5.41, 5.74) is 0. The molecule has 0 aliphatic rings. The molecular weight excluding hydrogens is 284 g/mol. The van der Waals surface area contributed by atoms with E-state index < -0.39 is 8.32 Å². The van der Waals surface area contributed by atoms with E-state index in [4.69, 9.17) is 4.43 Å². The minimum absolute atomic E-state index is 0.0786. The van der Waals surface area contributed by atoms with Gasteiger partial charge in [0, 0.05) is 6.42 Å². The summed E-state index contributed by atoms with van der Waals surface area (Å²) in [6.45, 7) is 15.8. The van der Waals surface area contributed by atoms with E-state index >= 15 is 0 Å². The predicted molar refractivity (Wildman–Crippen MR) is 103 cm³/mol. The van der Waals surface area contributed by atoms with Crippen LogP contribution in [0.4, 0.5) is 0 Å². The highest BCUT2D eigenvalue weighted by Gasteiger charge is 2.38. The van der Waals surface area contributed by atoms with Crippen molar-refractivity contribution in [3.05, 3.63) is 0 Å². The van der Waals surface area contributed by atoms with Crippen LogP contribution in [0.25, 0.3) is 0 Å². The van der Waals surface area contributed by atoms with Gasteiger partial charge in [-0.25, -0.2) is 0 Å². The van der Waals surface area contributed by atoms with Gasteiger partial charge in [0.05, 0.1) is 0 Å². The lowest BCUT2D eigenvalue weighted by Crippen LogP contribution is -2.43. The van der Waals surface area contributed by atoms with Crippen molar-refractivity contribution in [2.24, 2.45) is 0 Å². The van der Waals surface area contributed by atoms with Gasteiger partial charge < -0.3 is 4.43 Å². The molecule has 0 aromatic carbocycles. The zero-order valence-corrected chi connectivity index (χ0v) is 17.3. The Balaban J connectivity index is 3.74. The van der Waals surface area contributed by atoms with E-state index in [-0.39, 0.29) is 11.1 Å². The van der Waals surface area contributed by atoms with Gasteiger partial charge in [-0.1, -0.05) is 78.6 Å². The Hall–Kier alpha value is -0.263. The summed E-state index contributed by atoms with van der Waals surface area (Å²) >= 11 is 0. The summed E-state index contributed by atoms with van der Waals surface area (Å²) in [5, 5.41) is 0.265. The van der Waals surface area contributed by atoms with Gasteiger partial charge in [-0.2, -0.15) is 0 Å². The molecular formula is C20H40OSi. The summed E-state index contributed by atoms with van der Waals surface area (Å²) < 4.78 is 6.25. The Morgan fingerprint density at radius 2 is 1.41 bits per heavy atom. The predicted octanol–water partition coefficient (Wildman–Crippen LogP) is 6.93. The van der Waals surface area contributed by atoms with Crippen LogP contribution >= 0.6 is 0 Å². The van der Waals surface area contributed by atoms with Gasteiger partial charge in [0.25, 0.3) is 0 Å². The average molecular weight is 325 g/mol. The molecule has 0 saturated carbocycles. The van der Waals surface area contributed by atoms with E-state index in [0.29, 0.717) is 0 Å². The van der Waals surface area contributed by atoms with Crippen LogP contribution in [0.15, 0.2) is 0 Å². The van der Waals surface area contributed by atoms with E-state index in [9.17, 15) is 0 Å². The van der Waals surface area contributed by atoms with Crippen molar-refractivity contribution in [1.82, 2.24) is 0 Å². The normalized spacial score (nSPS) is 13.6. The third-order valence-electron chi connectivity index (χ3n) is 4.74. The molecule has 130 valence electrons. The Morgan fingerprint density at radius 3 is 1.91 bits per heavy atom. The molecule has 0 bridgehead atoms. The Bertz CT molecular complexity index is 330.